The summed E-state index contributed by atoms with van der Waals surface area (Å²) in [5.74, 6) is 0.728. The van der Waals surface area contributed by atoms with E-state index in [2.05, 4.69) is 4.52 Å². The molecule has 1 aliphatic rings. The summed E-state index contributed by atoms with van der Waals surface area (Å²) in [4.78, 5) is 19.3. The van der Waals surface area contributed by atoms with Gasteiger partial charge in [0.25, 0.3) is 0 Å². The molecule has 2 unspecified atom stereocenters. The zero-order chi connectivity index (χ0) is 17.8. The van der Waals surface area contributed by atoms with Gasteiger partial charge >= 0.3 is 15.4 Å². The van der Waals surface area contributed by atoms with E-state index >= 15 is 0 Å². The Kier molecular flexibility index (Phi) is 7.64. The highest BCUT2D eigenvalue weighted by atomic mass is 31.2. The van der Waals surface area contributed by atoms with Crippen LogP contribution in [0.2, 0.25) is 0 Å². The fourth-order valence-electron chi connectivity index (χ4n) is 2.68. The highest BCUT2D eigenvalue weighted by Crippen LogP contribution is 2.51. The van der Waals surface area contributed by atoms with Crippen LogP contribution in [0.4, 0.5) is 0 Å². The first-order chi connectivity index (χ1) is 10.5. The smallest absolute Gasteiger partial charge is 0.378 e. The van der Waals surface area contributed by atoms with Crippen molar-refractivity contribution in [2.75, 3.05) is 14.2 Å². The van der Waals surface area contributed by atoms with Crippen LogP contribution < -0.4 is 0 Å². The van der Waals surface area contributed by atoms with E-state index < -0.39 is 33.7 Å². The van der Waals surface area contributed by atoms with Gasteiger partial charge in [0.15, 0.2) is 0 Å². The maximum absolute atomic E-state index is 12.1. The van der Waals surface area contributed by atoms with Gasteiger partial charge in [-0.05, 0) is 26.2 Å². The summed E-state index contributed by atoms with van der Waals surface area (Å²) >= 11 is 0. The third-order valence-corrected chi connectivity index (χ3v) is 5.87. The van der Waals surface area contributed by atoms with Crippen LogP contribution in [0, 0.1) is 11.8 Å². The average molecular weight is 372 g/mol. The van der Waals surface area contributed by atoms with Crippen molar-refractivity contribution in [3.8, 4) is 0 Å². The minimum Gasteiger partial charge on any atom is -0.378 e. The van der Waals surface area contributed by atoms with Gasteiger partial charge in [-0.1, -0.05) is 13.0 Å². The molecule has 1 fully saturated rings. The Labute approximate surface area is 136 Å². The van der Waals surface area contributed by atoms with Crippen LogP contribution >= 0.6 is 15.4 Å². The lowest BCUT2D eigenvalue weighted by atomic mass is 10.1. The minimum absolute atomic E-state index is 0.0410. The van der Waals surface area contributed by atoms with Gasteiger partial charge in [0, 0.05) is 26.0 Å². The Hall–Kier alpha value is -0.0400. The average Bonchev–Trinajstić information content (AvgIpc) is 2.70. The first-order valence-corrected chi connectivity index (χ1v) is 10.5. The summed E-state index contributed by atoms with van der Waals surface area (Å²) in [6, 6.07) is 0. The van der Waals surface area contributed by atoms with Crippen molar-refractivity contribution in [1.29, 1.82) is 0 Å². The minimum atomic E-state index is -4.26. The molecule has 2 N–H and O–H groups in total. The van der Waals surface area contributed by atoms with E-state index in [1.54, 1.807) is 13.8 Å². The van der Waals surface area contributed by atoms with E-state index in [0.29, 0.717) is 6.42 Å². The van der Waals surface area contributed by atoms with Crippen molar-refractivity contribution in [1.82, 2.24) is 0 Å². The molecular formula is C13H26O8P2. The van der Waals surface area contributed by atoms with E-state index in [-0.39, 0.29) is 11.8 Å². The Morgan fingerprint density at radius 3 is 2.26 bits per heavy atom. The number of hydrogen-bond acceptors (Lipinski definition) is 6. The summed E-state index contributed by atoms with van der Waals surface area (Å²) < 4.78 is 43.7. The molecule has 1 rings (SSSR count). The van der Waals surface area contributed by atoms with Crippen molar-refractivity contribution in [3.05, 3.63) is 11.9 Å². The molecule has 1 aliphatic carbocycles. The molecule has 0 radical (unpaired) electrons. The van der Waals surface area contributed by atoms with Gasteiger partial charge in [-0.3, -0.25) is 13.6 Å². The lowest BCUT2D eigenvalue weighted by Gasteiger charge is -2.26. The molecule has 0 bridgehead atoms. The lowest BCUT2D eigenvalue weighted by molar-refractivity contribution is -0.0239. The number of phosphoric ester groups is 1. The molecule has 1 saturated carbocycles. The molecule has 23 heavy (non-hydrogen) atoms. The van der Waals surface area contributed by atoms with Crippen LogP contribution in [-0.2, 0) is 27.4 Å². The van der Waals surface area contributed by atoms with E-state index in [0.717, 1.165) is 12.9 Å². The van der Waals surface area contributed by atoms with Crippen molar-refractivity contribution >= 4 is 15.4 Å². The van der Waals surface area contributed by atoms with E-state index in [4.69, 9.17) is 13.8 Å². The zero-order valence-electron chi connectivity index (χ0n) is 14.0. The maximum atomic E-state index is 12.1. The first-order valence-electron chi connectivity index (χ1n) is 7.31. The van der Waals surface area contributed by atoms with Crippen LogP contribution in [-0.4, -0.2) is 42.3 Å². The van der Waals surface area contributed by atoms with Gasteiger partial charge in [-0.2, -0.15) is 0 Å². The number of methoxy groups -OCH3 is 1. The van der Waals surface area contributed by atoms with Crippen LogP contribution in [0.3, 0.4) is 0 Å². The van der Waals surface area contributed by atoms with Crippen molar-refractivity contribution in [3.63, 3.8) is 0 Å². The van der Waals surface area contributed by atoms with Crippen LogP contribution in [0.15, 0.2) is 11.9 Å². The first kappa shape index (κ1) is 21.0. The molecule has 0 aliphatic heterocycles. The normalized spacial score (nSPS) is 33.9. The van der Waals surface area contributed by atoms with Gasteiger partial charge in [0.05, 0.1) is 12.2 Å². The van der Waals surface area contributed by atoms with Crippen LogP contribution in [0.1, 0.15) is 27.2 Å². The lowest BCUT2D eigenvalue weighted by Crippen LogP contribution is -2.31. The molecule has 136 valence electrons. The molecule has 0 aromatic carbocycles. The van der Waals surface area contributed by atoms with Crippen LogP contribution in [0.25, 0.3) is 0 Å². The number of hydrogen-bond donors (Lipinski definition) is 2. The molecule has 6 atom stereocenters. The second kappa shape index (κ2) is 8.37. The molecule has 0 heterocycles. The fraction of sp³-hybridized carbons (Fsp3) is 0.846. The molecule has 0 amide bonds. The third kappa shape index (κ3) is 6.40. The standard InChI is InChI=1S/C13H26O8P2/c1-9(2)20-23(16,17)21-13-11(6-7-22(14,15)19-5)8-10(3)12(13)18-4/h6-7,9-13H,8H2,1-5H3,(H,14,15)(H,16,17)/b7-6+/t10-,11-,12-,13+/m0/s1. The predicted octanol–water partition coefficient (Wildman–Crippen LogP) is 2.91. The summed E-state index contributed by atoms with van der Waals surface area (Å²) in [6.45, 7) is 5.16. The largest absolute Gasteiger partial charge is 0.472 e. The fourth-order valence-corrected chi connectivity index (χ4v) is 4.41. The predicted molar refractivity (Wildman–Crippen MR) is 85.0 cm³/mol. The van der Waals surface area contributed by atoms with Crippen molar-refractivity contribution in [2.45, 2.75) is 45.5 Å². The third-order valence-electron chi connectivity index (χ3n) is 3.60. The van der Waals surface area contributed by atoms with E-state index in [9.17, 15) is 18.9 Å². The van der Waals surface area contributed by atoms with Gasteiger partial charge in [-0.15, -0.1) is 0 Å². The van der Waals surface area contributed by atoms with Crippen LogP contribution in [0.5, 0.6) is 0 Å². The quantitative estimate of drug-likeness (QED) is 0.626. The number of phosphoric acid groups is 1. The summed E-state index contributed by atoms with van der Waals surface area (Å²) in [6.07, 6.45) is 0.371. The summed E-state index contributed by atoms with van der Waals surface area (Å²) in [7, 11) is -5.45. The molecule has 10 heteroatoms. The molecule has 0 aromatic rings. The molecule has 0 aromatic heterocycles. The Morgan fingerprint density at radius 2 is 1.78 bits per heavy atom. The van der Waals surface area contributed by atoms with Gasteiger partial charge < -0.3 is 19.0 Å². The summed E-state index contributed by atoms with van der Waals surface area (Å²) in [5, 5.41) is 0. The SMILES string of the molecule is CO[C@@H]1[C@H](OP(=O)(O)OC(C)C)[C@@H](/C=C/P(=O)(O)OC)C[C@@H]1C. The van der Waals surface area contributed by atoms with Gasteiger partial charge in [0.2, 0.25) is 0 Å². The molecule has 8 nitrogen and oxygen atoms in total. The highest BCUT2D eigenvalue weighted by molar-refractivity contribution is 7.56. The summed E-state index contributed by atoms with van der Waals surface area (Å²) in [5.41, 5.74) is 0. The zero-order valence-corrected chi connectivity index (χ0v) is 15.8. The molecule has 0 saturated heterocycles. The van der Waals surface area contributed by atoms with E-state index in [1.807, 2.05) is 6.92 Å². The Morgan fingerprint density at radius 1 is 1.17 bits per heavy atom. The second-order valence-electron chi connectivity index (χ2n) is 5.86. The highest BCUT2D eigenvalue weighted by Gasteiger charge is 2.45. The Bertz CT molecular complexity index is 506. The Balaban J connectivity index is 2.96. The molecular weight excluding hydrogens is 346 g/mol. The number of ether oxygens (including phenoxy) is 1. The van der Waals surface area contributed by atoms with Gasteiger partial charge in [0.1, 0.15) is 6.10 Å². The molecule has 0 spiro atoms. The van der Waals surface area contributed by atoms with Crippen molar-refractivity contribution in [2.24, 2.45) is 11.8 Å². The monoisotopic (exact) mass is 372 g/mol. The van der Waals surface area contributed by atoms with E-state index in [1.165, 1.54) is 13.2 Å². The maximum Gasteiger partial charge on any atom is 0.472 e. The topological polar surface area (TPSA) is 112 Å². The van der Waals surface area contributed by atoms with Gasteiger partial charge in [-0.25, -0.2) is 4.57 Å². The van der Waals surface area contributed by atoms with Crippen molar-refractivity contribution < 1.29 is 37.2 Å². The number of rotatable bonds is 8. The second-order valence-corrected chi connectivity index (χ2v) is 9.01.